The van der Waals surface area contributed by atoms with E-state index >= 15 is 4.39 Å². The van der Waals surface area contributed by atoms with Gasteiger partial charge >= 0.3 is 19.7 Å². The fourth-order valence-corrected chi connectivity index (χ4v) is 5.80. The summed E-state index contributed by atoms with van der Waals surface area (Å²) in [6.07, 6.45) is -1.62. The summed E-state index contributed by atoms with van der Waals surface area (Å²) in [4.78, 5) is 33.0. The number of nitrogen functional groups attached to an aromatic ring is 1. The van der Waals surface area contributed by atoms with Crippen LogP contribution in [-0.2, 0) is 32.9 Å². The molecular formula is C26H34FN6O8P. The first-order valence-corrected chi connectivity index (χ1v) is 14.8. The molecule has 4 rings (SSSR count). The minimum absolute atomic E-state index is 0.0678. The molecule has 228 valence electrons. The topological polar surface area (TPSA) is 178 Å². The summed E-state index contributed by atoms with van der Waals surface area (Å²) in [7, 11) is -4.32. The number of alkyl halides is 1. The van der Waals surface area contributed by atoms with E-state index in [-0.39, 0.29) is 29.5 Å². The summed E-state index contributed by atoms with van der Waals surface area (Å²) >= 11 is 0. The molecule has 0 aliphatic carbocycles. The molecule has 16 heteroatoms. The van der Waals surface area contributed by atoms with Crippen LogP contribution in [0.5, 0.6) is 5.75 Å². The maximum Gasteiger partial charge on any atom is 0.459 e. The number of aromatic nitrogens is 4. The fraction of sp³-hybridized carbons (Fsp3) is 0.500. The normalized spacial score (nSPS) is 24.3. The predicted octanol–water partition coefficient (Wildman–Crippen LogP) is 3.19. The van der Waals surface area contributed by atoms with E-state index < -0.39 is 62.2 Å². The number of fused-ring (bicyclic) bond motifs is 1. The summed E-state index contributed by atoms with van der Waals surface area (Å²) < 4.78 is 59.8. The van der Waals surface area contributed by atoms with Gasteiger partial charge in [-0.3, -0.25) is 14.1 Å². The van der Waals surface area contributed by atoms with Crippen molar-refractivity contribution in [3.8, 4) is 5.75 Å². The number of nitrogens with zero attached hydrogens (tertiary/aromatic N) is 4. The molecule has 14 nitrogen and oxygen atoms in total. The van der Waals surface area contributed by atoms with Gasteiger partial charge in [-0.1, -0.05) is 32.0 Å². The SMILES string of the molecule is CCOC(=O)[C@H](C)NP(=O)(OC[C@H]1O[C@@H](c2cnc3c(N)ncnn23)[C@](C)(F)[C@@H]1OC(=O)C(C)C)Oc1ccccc1. The Morgan fingerprint density at radius 3 is 2.60 bits per heavy atom. The zero-order valence-electron chi connectivity index (χ0n) is 23.8. The third kappa shape index (κ3) is 6.70. The number of nitrogens with two attached hydrogens (primary N) is 1. The van der Waals surface area contributed by atoms with Crippen LogP contribution < -0.4 is 15.3 Å². The number of nitrogens with one attached hydrogen (secondary N) is 1. The summed E-state index contributed by atoms with van der Waals surface area (Å²) in [5.74, 6) is -1.71. The molecule has 0 bridgehead atoms. The first-order valence-electron chi connectivity index (χ1n) is 13.3. The first kappa shape index (κ1) is 31.3. The van der Waals surface area contributed by atoms with E-state index in [9.17, 15) is 14.2 Å². The minimum atomic E-state index is -4.32. The van der Waals surface area contributed by atoms with Crippen molar-refractivity contribution in [2.75, 3.05) is 18.9 Å². The number of esters is 2. The molecule has 0 amide bonds. The highest BCUT2D eigenvalue weighted by molar-refractivity contribution is 7.52. The number of hydrogen-bond donors (Lipinski definition) is 2. The quantitative estimate of drug-likeness (QED) is 0.226. The highest BCUT2D eigenvalue weighted by Crippen LogP contribution is 2.49. The average Bonchev–Trinajstić information content (AvgIpc) is 3.47. The Balaban J connectivity index is 1.64. The van der Waals surface area contributed by atoms with Crippen molar-refractivity contribution in [2.24, 2.45) is 5.92 Å². The number of carbonyl (C=O) groups is 2. The number of benzene rings is 1. The zero-order chi connectivity index (χ0) is 30.7. The highest BCUT2D eigenvalue weighted by Gasteiger charge is 2.59. The monoisotopic (exact) mass is 608 g/mol. The summed E-state index contributed by atoms with van der Waals surface area (Å²) in [5, 5.41) is 6.66. The molecule has 0 saturated carbocycles. The third-order valence-corrected chi connectivity index (χ3v) is 8.07. The lowest BCUT2D eigenvalue weighted by atomic mass is 9.93. The summed E-state index contributed by atoms with van der Waals surface area (Å²) in [6.45, 7) is 7.01. The third-order valence-electron chi connectivity index (χ3n) is 6.43. The van der Waals surface area contributed by atoms with Gasteiger partial charge in [-0.2, -0.15) is 10.2 Å². The van der Waals surface area contributed by atoms with E-state index in [2.05, 4.69) is 20.2 Å². The van der Waals surface area contributed by atoms with E-state index in [0.717, 1.165) is 0 Å². The molecule has 1 saturated heterocycles. The molecule has 3 heterocycles. The maximum absolute atomic E-state index is 16.6. The molecule has 1 aromatic carbocycles. The highest BCUT2D eigenvalue weighted by atomic mass is 31.2. The van der Waals surface area contributed by atoms with Crippen molar-refractivity contribution < 1.29 is 41.8 Å². The van der Waals surface area contributed by atoms with Gasteiger partial charge in [0.05, 0.1) is 31.0 Å². The van der Waals surface area contributed by atoms with Crippen LogP contribution >= 0.6 is 7.75 Å². The van der Waals surface area contributed by atoms with Crippen molar-refractivity contribution >= 4 is 31.2 Å². The smallest absolute Gasteiger partial charge is 0.459 e. The van der Waals surface area contributed by atoms with Crippen LogP contribution in [0.15, 0.2) is 42.9 Å². The number of ether oxygens (including phenoxy) is 3. The summed E-state index contributed by atoms with van der Waals surface area (Å²) in [5.41, 5.74) is 3.91. The van der Waals surface area contributed by atoms with Gasteiger partial charge < -0.3 is 24.5 Å². The van der Waals surface area contributed by atoms with Gasteiger partial charge in [0.25, 0.3) is 0 Å². The van der Waals surface area contributed by atoms with Gasteiger partial charge in [0.15, 0.2) is 23.2 Å². The first-order chi connectivity index (χ1) is 19.9. The van der Waals surface area contributed by atoms with Crippen molar-refractivity contribution in [1.29, 1.82) is 0 Å². The molecule has 0 spiro atoms. The number of hydrogen-bond acceptors (Lipinski definition) is 12. The Labute approximate surface area is 241 Å². The molecule has 0 radical (unpaired) electrons. The molecule has 1 aliphatic rings. The van der Waals surface area contributed by atoms with Crippen molar-refractivity contribution in [2.45, 2.75) is 64.6 Å². The summed E-state index contributed by atoms with van der Waals surface area (Å²) in [6, 6.07) is 7.02. The second kappa shape index (κ2) is 12.7. The van der Waals surface area contributed by atoms with Crippen LogP contribution in [0.3, 0.4) is 0 Å². The lowest BCUT2D eigenvalue weighted by Gasteiger charge is -2.28. The average molecular weight is 609 g/mol. The van der Waals surface area contributed by atoms with Gasteiger partial charge in [-0.25, -0.2) is 23.4 Å². The van der Waals surface area contributed by atoms with Crippen LogP contribution in [0, 0.1) is 5.92 Å². The van der Waals surface area contributed by atoms with Crippen LogP contribution in [0.4, 0.5) is 10.2 Å². The second-order valence-corrected chi connectivity index (χ2v) is 11.8. The van der Waals surface area contributed by atoms with Crippen LogP contribution in [-0.4, -0.2) is 68.7 Å². The zero-order valence-corrected chi connectivity index (χ0v) is 24.7. The van der Waals surface area contributed by atoms with Crippen LogP contribution in [0.1, 0.15) is 46.4 Å². The van der Waals surface area contributed by atoms with Crippen molar-refractivity contribution in [3.63, 3.8) is 0 Å². The molecule has 3 N–H and O–H groups in total. The Hall–Kier alpha value is -3.65. The Kier molecular flexibility index (Phi) is 9.46. The molecule has 1 fully saturated rings. The van der Waals surface area contributed by atoms with E-state index in [1.165, 1.54) is 30.9 Å². The van der Waals surface area contributed by atoms with E-state index in [1.807, 2.05) is 0 Å². The number of para-hydroxylation sites is 1. The predicted molar refractivity (Wildman–Crippen MR) is 147 cm³/mol. The molecule has 2 aromatic heterocycles. The molecule has 1 aliphatic heterocycles. The van der Waals surface area contributed by atoms with E-state index in [1.54, 1.807) is 51.1 Å². The number of anilines is 1. The van der Waals surface area contributed by atoms with Gasteiger partial charge in [-0.05, 0) is 32.9 Å². The van der Waals surface area contributed by atoms with Crippen LogP contribution in [0.25, 0.3) is 5.65 Å². The maximum atomic E-state index is 16.6. The number of halogens is 1. The Bertz CT molecular complexity index is 1460. The molecular weight excluding hydrogens is 574 g/mol. The van der Waals surface area contributed by atoms with Crippen molar-refractivity contribution in [1.82, 2.24) is 24.7 Å². The minimum Gasteiger partial charge on any atom is -0.465 e. The van der Waals surface area contributed by atoms with Crippen LogP contribution in [0.2, 0.25) is 0 Å². The molecule has 6 atom stereocenters. The molecule has 1 unspecified atom stereocenters. The van der Waals surface area contributed by atoms with E-state index in [4.69, 9.17) is 29.0 Å². The lowest BCUT2D eigenvalue weighted by Crippen LogP contribution is -2.44. The molecule has 3 aromatic rings. The van der Waals surface area contributed by atoms with Gasteiger partial charge in [0, 0.05) is 0 Å². The van der Waals surface area contributed by atoms with Gasteiger partial charge in [0.2, 0.25) is 0 Å². The number of rotatable bonds is 12. The fourth-order valence-electron chi connectivity index (χ4n) is 4.30. The van der Waals surface area contributed by atoms with E-state index in [0.29, 0.717) is 0 Å². The van der Waals surface area contributed by atoms with Gasteiger partial charge in [0.1, 0.15) is 30.3 Å². The Morgan fingerprint density at radius 2 is 1.93 bits per heavy atom. The van der Waals surface area contributed by atoms with Crippen molar-refractivity contribution in [3.05, 3.63) is 48.5 Å². The Morgan fingerprint density at radius 1 is 1.21 bits per heavy atom. The number of carbonyl (C=O) groups excluding carboxylic acids is 2. The standard InChI is InChI=1S/C26H34FN6O8P/c1-6-37-25(35)16(4)32-42(36,41-17-10-8-7-9-11-17)38-13-19-21(40-24(34)15(2)3)26(5,27)20(39-19)18-12-29-23-22(28)30-14-31-33(18)23/h7-12,14-16,19-21H,6,13H2,1-5H3,(H,32,36)(H2,28,30,31)/t16-,19+,20-,21+,26-,42?/m0/s1. The molecule has 42 heavy (non-hydrogen) atoms. The number of imidazole rings is 1. The second-order valence-electron chi connectivity index (χ2n) is 10.1. The largest absolute Gasteiger partial charge is 0.465 e. The van der Waals surface area contributed by atoms with Gasteiger partial charge in [-0.15, -0.1) is 0 Å². The lowest BCUT2D eigenvalue weighted by molar-refractivity contribution is -0.162.